The number of aromatic nitrogens is 2. The summed E-state index contributed by atoms with van der Waals surface area (Å²) in [7, 11) is 0. The van der Waals surface area contributed by atoms with Crippen LogP contribution < -0.4 is 10.9 Å². The molecule has 3 heterocycles. The summed E-state index contributed by atoms with van der Waals surface area (Å²) >= 11 is 0. The topological polar surface area (TPSA) is 110 Å². The number of ether oxygens (including phenoxy) is 1. The van der Waals surface area contributed by atoms with E-state index in [0.717, 1.165) is 10.6 Å². The van der Waals surface area contributed by atoms with Crippen molar-refractivity contribution in [2.24, 2.45) is 0 Å². The van der Waals surface area contributed by atoms with Crippen LogP contribution in [0.15, 0.2) is 29.1 Å². The van der Waals surface area contributed by atoms with Crippen LogP contribution in [0.5, 0.6) is 0 Å². The lowest BCUT2D eigenvalue weighted by Gasteiger charge is -2.15. The zero-order valence-electron chi connectivity index (χ0n) is 16.0. The van der Waals surface area contributed by atoms with E-state index < -0.39 is 17.5 Å². The number of amides is 3. The Labute approximate surface area is 161 Å². The summed E-state index contributed by atoms with van der Waals surface area (Å²) in [5.74, 6) is -0.806. The van der Waals surface area contributed by atoms with Gasteiger partial charge in [-0.1, -0.05) is 6.07 Å². The summed E-state index contributed by atoms with van der Waals surface area (Å²) in [6.45, 7) is 5.08. The van der Waals surface area contributed by atoms with Gasteiger partial charge in [-0.15, -0.1) is 0 Å². The first kappa shape index (κ1) is 19.5. The lowest BCUT2D eigenvalue weighted by Crippen LogP contribution is -2.40. The Bertz CT molecular complexity index is 1010. The first-order valence-electron chi connectivity index (χ1n) is 8.97. The third-order valence-electron chi connectivity index (χ3n) is 4.52. The number of fused-ring (bicyclic) bond motifs is 1. The number of hydrogen-bond donors (Lipinski definition) is 1. The summed E-state index contributed by atoms with van der Waals surface area (Å²) in [5.41, 5.74) is 0.447. The summed E-state index contributed by atoms with van der Waals surface area (Å²) in [6.07, 6.45) is 0.338. The van der Waals surface area contributed by atoms with Gasteiger partial charge >= 0.3 is 12.0 Å². The number of nitrogens with one attached hydrogen (secondary N) is 1. The van der Waals surface area contributed by atoms with E-state index in [-0.39, 0.29) is 31.0 Å². The zero-order chi connectivity index (χ0) is 20.5. The van der Waals surface area contributed by atoms with Gasteiger partial charge in [-0.25, -0.2) is 9.78 Å². The molecule has 1 aliphatic rings. The average molecular weight is 386 g/mol. The van der Waals surface area contributed by atoms with Crippen LogP contribution in [0.2, 0.25) is 0 Å². The van der Waals surface area contributed by atoms with E-state index in [1.165, 1.54) is 10.5 Å². The maximum Gasteiger partial charge on any atom is 0.325 e. The molecule has 0 aliphatic carbocycles. The van der Waals surface area contributed by atoms with Crippen LogP contribution in [-0.4, -0.2) is 44.3 Å². The van der Waals surface area contributed by atoms with Crippen molar-refractivity contribution in [1.82, 2.24) is 19.6 Å². The molecule has 1 N–H and O–H groups in total. The van der Waals surface area contributed by atoms with Crippen LogP contribution in [0.4, 0.5) is 4.79 Å². The molecule has 3 rings (SSSR count). The standard InChI is InChI=1S/C19H22N4O5/c1-12-6-4-7-14-20-13(10-15(24)23(12)14)11-28-16(25)8-5-9-22-17(26)19(2,3)21-18(22)27/h4,6-7,10H,5,8-9,11H2,1-3H3,(H,21,27). The molecule has 0 atom stereocenters. The van der Waals surface area contributed by atoms with Crippen molar-refractivity contribution in [1.29, 1.82) is 0 Å². The van der Waals surface area contributed by atoms with Crippen LogP contribution >= 0.6 is 0 Å². The fourth-order valence-corrected chi connectivity index (χ4v) is 3.07. The van der Waals surface area contributed by atoms with Crippen molar-refractivity contribution in [3.05, 3.63) is 46.0 Å². The average Bonchev–Trinajstić information content (AvgIpc) is 2.81. The Morgan fingerprint density at radius 1 is 1.25 bits per heavy atom. The number of esters is 1. The maximum atomic E-state index is 12.2. The SMILES string of the molecule is Cc1cccc2nc(COC(=O)CCCN3C(=O)NC(C)(C)C3=O)cc(=O)n12. The molecular weight excluding hydrogens is 364 g/mol. The Kier molecular flexibility index (Phi) is 5.17. The minimum Gasteiger partial charge on any atom is -0.459 e. The lowest BCUT2D eigenvalue weighted by molar-refractivity contribution is -0.145. The van der Waals surface area contributed by atoms with E-state index in [1.54, 1.807) is 26.0 Å². The Hall–Kier alpha value is -3.23. The molecule has 9 nitrogen and oxygen atoms in total. The first-order valence-corrected chi connectivity index (χ1v) is 8.97. The van der Waals surface area contributed by atoms with Gasteiger partial charge in [0.1, 0.15) is 17.8 Å². The molecule has 0 saturated carbocycles. The van der Waals surface area contributed by atoms with Gasteiger partial charge in [-0.3, -0.25) is 23.7 Å². The van der Waals surface area contributed by atoms with Gasteiger partial charge in [0.05, 0.1) is 5.69 Å². The minimum absolute atomic E-state index is 0.0448. The van der Waals surface area contributed by atoms with E-state index in [1.807, 2.05) is 13.0 Å². The molecule has 0 unspecified atom stereocenters. The second-order valence-corrected chi connectivity index (χ2v) is 7.22. The number of imide groups is 1. The van der Waals surface area contributed by atoms with E-state index in [4.69, 9.17) is 4.74 Å². The fraction of sp³-hybridized carbons (Fsp3) is 0.421. The molecule has 1 aliphatic heterocycles. The summed E-state index contributed by atoms with van der Waals surface area (Å²) < 4.78 is 6.65. The van der Waals surface area contributed by atoms with Crippen LogP contribution in [0.25, 0.3) is 5.65 Å². The van der Waals surface area contributed by atoms with Crippen molar-refractivity contribution in [2.75, 3.05) is 6.54 Å². The predicted octanol–water partition coefficient (Wildman–Crippen LogP) is 1.16. The van der Waals surface area contributed by atoms with E-state index in [9.17, 15) is 19.2 Å². The monoisotopic (exact) mass is 386 g/mol. The number of hydrogen-bond acceptors (Lipinski definition) is 6. The van der Waals surface area contributed by atoms with Crippen molar-refractivity contribution >= 4 is 23.6 Å². The molecule has 0 spiro atoms. The number of nitrogens with zero attached hydrogens (tertiary/aromatic N) is 3. The van der Waals surface area contributed by atoms with Crippen molar-refractivity contribution in [3.63, 3.8) is 0 Å². The van der Waals surface area contributed by atoms with Gasteiger partial charge in [0, 0.05) is 24.7 Å². The molecule has 28 heavy (non-hydrogen) atoms. The van der Waals surface area contributed by atoms with Crippen LogP contribution in [0.3, 0.4) is 0 Å². The highest BCUT2D eigenvalue weighted by Gasteiger charge is 2.43. The second-order valence-electron chi connectivity index (χ2n) is 7.22. The van der Waals surface area contributed by atoms with Crippen LogP contribution in [0, 0.1) is 6.92 Å². The van der Waals surface area contributed by atoms with Gasteiger partial charge in [0.2, 0.25) is 0 Å². The molecule has 2 aromatic rings. The molecule has 0 bridgehead atoms. The molecule has 148 valence electrons. The smallest absolute Gasteiger partial charge is 0.325 e. The van der Waals surface area contributed by atoms with Crippen molar-refractivity contribution in [2.45, 2.75) is 45.8 Å². The third-order valence-corrected chi connectivity index (χ3v) is 4.52. The van der Waals surface area contributed by atoms with Gasteiger partial charge < -0.3 is 10.1 Å². The Morgan fingerprint density at radius 3 is 2.68 bits per heavy atom. The van der Waals surface area contributed by atoms with Gasteiger partial charge in [0.15, 0.2) is 0 Å². The zero-order valence-corrected chi connectivity index (χ0v) is 16.0. The first-order chi connectivity index (χ1) is 13.2. The second kappa shape index (κ2) is 7.41. The number of carbonyl (C=O) groups excluding carboxylic acids is 3. The molecule has 1 saturated heterocycles. The highest BCUT2D eigenvalue weighted by atomic mass is 16.5. The van der Waals surface area contributed by atoms with Crippen molar-refractivity contribution < 1.29 is 19.1 Å². The molecule has 0 aromatic carbocycles. The predicted molar refractivity (Wildman–Crippen MR) is 99.6 cm³/mol. The lowest BCUT2D eigenvalue weighted by atomic mass is 10.1. The number of carbonyl (C=O) groups is 3. The third kappa shape index (κ3) is 3.88. The number of aryl methyl sites for hydroxylation is 1. The summed E-state index contributed by atoms with van der Waals surface area (Å²) in [4.78, 5) is 53.4. The highest BCUT2D eigenvalue weighted by molar-refractivity contribution is 6.06. The van der Waals surface area contributed by atoms with E-state index in [2.05, 4.69) is 10.3 Å². The Balaban J connectivity index is 1.53. The number of urea groups is 1. The molecular formula is C19H22N4O5. The van der Waals surface area contributed by atoms with Crippen LogP contribution in [0.1, 0.15) is 38.1 Å². The normalized spacial score (nSPS) is 15.8. The summed E-state index contributed by atoms with van der Waals surface area (Å²) in [5, 5.41) is 2.58. The van der Waals surface area contributed by atoms with Gasteiger partial charge in [0.25, 0.3) is 11.5 Å². The largest absolute Gasteiger partial charge is 0.459 e. The molecule has 0 radical (unpaired) electrons. The van der Waals surface area contributed by atoms with E-state index >= 15 is 0 Å². The van der Waals surface area contributed by atoms with E-state index in [0.29, 0.717) is 17.8 Å². The molecule has 3 amide bonds. The van der Waals surface area contributed by atoms with Gasteiger partial charge in [-0.05, 0) is 39.3 Å². The molecule has 9 heteroatoms. The number of rotatable bonds is 6. The highest BCUT2D eigenvalue weighted by Crippen LogP contribution is 2.17. The van der Waals surface area contributed by atoms with Gasteiger partial charge in [-0.2, -0.15) is 0 Å². The summed E-state index contributed by atoms with van der Waals surface area (Å²) in [6, 6.07) is 6.19. The quantitative estimate of drug-likeness (QED) is 0.589. The number of pyridine rings is 1. The molecule has 1 fully saturated rings. The Morgan fingerprint density at radius 2 is 2.00 bits per heavy atom. The maximum absolute atomic E-state index is 12.2. The van der Waals surface area contributed by atoms with Crippen LogP contribution in [-0.2, 0) is 20.9 Å². The molecule has 2 aromatic heterocycles. The van der Waals surface area contributed by atoms with Crippen molar-refractivity contribution in [3.8, 4) is 0 Å². The minimum atomic E-state index is -0.925. The fourth-order valence-electron chi connectivity index (χ4n) is 3.07.